The second-order valence-electron chi connectivity index (χ2n) is 14.8. The van der Waals surface area contributed by atoms with Crippen LogP contribution in [0.1, 0.15) is 142 Å². The number of fused-ring (bicyclic) bond motifs is 2. The van der Waals surface area contributed by atoms with E-state index in [2.05, 4.69) is 77.9 Å². The maximum atomic E-state index is 12.9. The van der Waals surface area contributed by atoms with E-state index in [-0.39, 0.29) is 38.4 Å². The van der Waals surface area contributed by atoms with Gasteiger partial charge in [0.15, 0.2) is 12.2 Å². The molecule has 0 N–H and O–H groups in total. The Labute approximate surface area is 325 Å². The number of unbranched alkanes of at least 4 members (excludes halogenated alkanes) is 10. The first-order chi connectivity index (χ1) is 26.3. The quantitative estimate of drug-likeness (QED) is 0.0378. The minimum atomic E-state index is -0.545. The fourth-order valence-electron chi connectivity index (χ4n) is 6.43. The van der Waals surface area contributed by atoms with Crippen molar-refractivity contribution in [2.24, 2.45) is 0 Å². The Hall–Kier alpha value is -3.36. The Bertz CT molecular complexity index is 1400. The first-order valence-corrected chi connectivity index (χ1v) is 21.1. The zero-order chi connectivity index (χ0) is 39.0. The first kappa shape index (κ1) is 45.0. The largest absolute Gasteiger partial charge is 0.488 e. The highest BCUT2D eigenvalue weighted by molar-refractivity contribution is 6.11. The summed E-state index contributed by atoms with van der Waals surface area (Å²) in [5.41, 5.74) is 2.16. The first-order valence-electron chi connectivity index (χ1n) is 21.1. The van der Waals surface area contributed by atoms with Crippen LogP contribution in [0.15, 0.2) is 36.4 Å². The number of benzene rings is 3. The fourth-order valence-corrected chi connectivity index (χ4v) is 6.43. The fraction of sp³-hybridized carbons (Fsp3) is 0.652. The Morgan fingerprint density at radius 1 is 0.481 bits per heavy atom. The molecular weight excluding hydrogens is 680 g/mol. The number of ether oxygens (including phenoxy) is 6. The highest BCUT2D eigenvalue weighted by Gasteiger charge is 2.23. The molecule has 0 heterocycles. The number of carbonyl (C=O) groups excluding carboxylic acids is 2. The van der Waals surface area contributed by atoms with E-state index >= 15 is 0 Å². The number of esters is 2. The molecule has 0 saturated heterocycles. The molecule has 8 nitrogen and oxygen atoms in total. The Morgan fingerprint density at radius 2 is 0.870 bits per heavy atom. The van der Waals surface area contributed by atoms with Crippen molar-refractivity contribution in [1.29, 1.82) is 0 Å². The van der Waals surface area contributed by atoms with Crippen LogP contribution < -0.4 is 9.47 Å². The van der Waals surface area contributed by atoms with Crippen molar-refractivity contribution in [2.75, 3.05) is 39.6 Å². The lowest BCUT2D eigenvalue weighted by Crippen LogP contribution is -2.30. The zero-order valence-electron chi connectivity index (χ0n) is 34.4. The van der Waals surface area contributed by atoms with E-state index in [1.807, 2.05) is 0 Å². The van der Waals surface area contributed by atoms with Crippen molar-refractivity contribution in [3.63, 3.8) is 0 Å². The molecule has 0 saturated carbocycles. The van der Waals surface area contributed by atoms with E-state index in [0.29, 0.717) is 37.6 Å². The van der Waals surface area contributed by atoms with Crippen molar-refractivity contribution in [1.82, 2.24) is 0 Å². The SMILES string of the molecule is CCCCCCCC(=O)OC(COCCCC)COc1c2ccc(C)cc2c(OCC(COCCCC)OC(=O)CCCCCCC)c2ccc(C)cc12. The van der Waals surface area contributed by atoms with Crippen LogP contribution >= 0.6 is 0 Å². The lowest BCUT2D eigenvalue weighted by atomic mass is 9.97. The third-order valence-electron chi connectivity index (χ3n) is 9.61. The Balaban J connectivity index is 1.88. The lowest BCUT2D eigenvalue weighted by molar-refractivity contribution is -0.155. The average Bonchev–Trinajstić information content (AvgIpc) is 3.15. The van der Waals surface area contributed by atoms with Gasteiger partial charge in [0.1, 0.15) is 24.7 Å². The van der Waals surface area contributed by atoms with Crippen LogP contribution in [0.5, 0.6) is 11.5 Å². The van der Waals surface area contributed by atoms with Crippen LogP contribution in [0.25, 0.3) is 21.5 Å². The van der Waals surface area contributed by atoms with Crippen LogP contribution in [0.3, 0.4) is 0 Å². The van der Waals surface area contributed by atoms with E-state index in [1.54, 1.807) is 0 Å². The zero-order valence-corrected chi connectivity index (χ0v) is 34.4. The van der Waals surface area contributed by atoms with Gasteiger partial charge in [-0.15, -0.1) is 0 Å². The molecule has 3 aromatic carbocycles. The third-order valence-corrected chi connectivity index (χ3v) is 9.61. The molecule has 2 unspecified atom stereocenters. The van der Waals surface area contributed by atoms with Gasteiger partial charge in [-0.3, -0.25) is 9.59 Å². The predicted molar refractivity (Wildman–Crippen MR) is 220 cm³/mol. The predicted octanol–water partition coefficient (Wildman–Crippen LogP) is 11.5. The second kappa shape index (κ2) is 26.4. The maximum absolute atomic E-state index is 12.9. The van der Waals surface area contributed by atoms with Crippen molar-refractivity contribution in [3.05, 3.63) is 47.5 Å². The number of hydrogen-bond donors (Lipinski definition) is 0. The normalized spacial score (nSPS) is 12.6. The lowest BCUT2D eigenvalue weighted by Gasteiger charge is -2.23. The summed E-state index contributed by atoms with van der Waals surface area (Å²) in [6.07, 6.45) is 14.3. The van der Waals surface area contributed by atoms with Crippen LogP contribution in [0.2, 0.25) is 0 Å². The molecule has 0 fully saturated rings. The van der Waals surface area contributed by atoms with Gasteiger partial charge in [-0.2, -0.15) is 0 Å². The molecule has 3 aromatic rings. The van der Waals surface area contributed by atoms with Crippen LogP contribution in [-0.2, 0) is 28.5 Å². The summed E-state index contributed by atoms with van der Waals surface area (Å²) in [6, 6.07) is 12.5. The monoisotopic (exact) mass is 751 g/mol. The second-order valence-corrected chi connectivity index (χ2v) is 14.8. The van der Waals surface area contributed by atoms with E-state index in [4.69, 9.17) is 28.4 Å². The molecular formula is C46H70O8. The molecule has 54 heavy (non-hydrogen) atoms. The molecule has 0 aromatic heterocycles. The van der Waals surface area contributed by atoms with Gasteiger partial charge in [-0.25, -0.2) is 0 Å². The highest BCUT2D eigenvalue weighted by Crippen LogP contribution is 2.43. The smallest absolute Gasteiger partial charge is 0.306 e. The minimum absolute atomic E-state index is 0.158. The highest BCUT2D eigenvalue weighted by atomic mass is 16.6. The van der Waals surface area contributed by atoms with Crippen molar-refractivity contribution >= 4 is 33.5 Å². The van der Waals surface area contributed by atoms with Crippen molar-refractivity contribution < 1.29 is 38.0 Å². The van der Waals surface area contributed by atoms with Gasteiger partial charge in [0.05, 0.1) is 13.2 Å². The Morgan fingerprint density at radius 3 is 1.26 bits per heavy atom. The summed E-state index contributed by atoms with van der Waals surface area (Å²) in [6.45, 7) is 14.8. The van der Waals surface area contributed by atoms with E-state index < -0.39 is 12.2 Å². The molecule has 2 atom stereocenters. The topological polar surface area (TPSA) is 89.5 Å². The van der Waals surface area contributed by atoms with Crippen LogP contribution in [0, 0.1) is 13.8 Å². The van der Waals surface area contributed by atoms with Crippen molar-refractivity contribution in [2.45, 2.75) is 156 Å². The van der Waals surface area contributed by atoms with Gasteiger partial charge in [0, 0.05) is 47.6 Å². The summed E-state index contributed by atoms with van der Waals surface area (Å²) in [5, 5.41) is 3.57. The molecule has 0 radical (unpaired) electrons. The Kier molecular flexibility index (Phi) is 22.1. The van der Waals surface area contributed by atoms with Crippen molar-refractivity contribution in [3.8, 4) is 11.5 Å². The van der Waals surface area contributed by atoms with Gasteiger partial charge in [-0.1, -0.05) is 127 Å². The molecule has 302 valence electrons. The molecule has 0 aliphatic heterocycles. The number of rotatable bonds is 30. The minimum Gasteiger partial charge on any atom is -0.488 e. The number of aryl methyl sites for hydroxylation is 2. The van der Waals surface area contributed by atoms with Crippen LogP contribution in [-0.4, -0.2) is 63.8 Å². The molecule has 0 aliphatic rings. The van der Waals surface area contributed by atoms with Gasteiger partial charge < -0.3 is 28.4 Å². The van der Waals surface area contributed by atoms with Gasteiger partial charge in [-0.05, 0) is 51.7 Å². The molecule has 8 heteroatoms. The molecule has 0 aliphatic carbocycles. The summed E-state index contributed by atoms with van der Waals surface area (Å²) in [4.78, 5) is 25.9. The van der Waals surface area contributed by atoms with Crippen LogP contribution in [0.4, 0.5) is 0 Å². The van der Waals surface area contributed by atoms with E-state index in [9.17, 15) is 9.59 Å². The molecule has 0 spiro atoms. The van der Waals surface area contributed by atoms with Gasteiger partial charge >= 0.3 is 11.9 Å². The summed E-state index contributed by atoms with van der Waals surface area (Å²) < 4.78 is 37.2. The summed E-state index contributed by atoms with van der Waals surface area (Å²) in [7, 11) is 0. The third kappa shape index (κ3) is 16.2. The standard InChI is InChI=1S/C46H70O8/c1-7-11-15-17-19-21-43(47)53-37(31-49-27-13-9-3)33-51-45-39-25-23-36(6)30-42(39)46(40-26-24-35(5)29-41(40)45)52-34-38(32-50-28-14-10-4)54-44(48)22-20-18-16-12-8-2/h23-26,29-30,37-38H,7-22,27-28,31-34H2,1-6H3. The van der Waals surface area contributed by atoms with Gasteiger partial charge in [0.2, 0.25) is 0 Å². The van der Waals surface area contributed by atoms with E-state index in [0.717, 1.165) is 110 Å². The van der Waals surface area contributed by atoms with E-state index in [1.165, 1.54) is 12.8 Å². The molecule has 3 rings (SSSR count). The molecule has 0 amide bonds. The summed E-state index contributed by atoms with van der Waals surface area (Å²) >= 11 is 0. The number of carbonyl (C=O) groups is 2. The number of hydrogen-bond acceptors (Lipinski definition) is 8. The van der Waals surface area contributed by atoms with Gasteiger partial charge in [0.25, 0.3) is 0 Å². The molecule has 0 bridgehead atoms. The summed E-state index contributed by atoms with van der Waals surface area (Å²) in [5.74, 6) is 0.988. The maximum Gasteiger partial charge on any atom is 0.306 e. The average molecular weight is 751 g/mol.